The van der Waals surface area contributed by atoms with Crippen molar-refractivity contribution >= 4 is 58.3 Å². The topological polar surface area (TPSA) is 74.3 Å². The first-order valence-corrected chi connectivity index (χ1v) is 15.0. The summed E-state index contributed by atoms with van der Waals surface area (Å²) in [4.78, 5) is 30.6. The van der Waals surface area contributed by atoms with Gasteiger partial charge in [-0.15, -0.1) is 11.8 Å². The lowest BCUT2D eigenvalue weighted by Crippen LogP contribution is -2.46. The molecule has 2 aliphatic rings. The minimum atomic E-state index is -0.540. The van der Waals surface area contributed by atoms with E-state index >= 15 is 0 Å². The molecule has 1 fully saturated rings. The van der Waals surface area contributed by atoms with E-state index in [0.717, 1.165) is 62.5 Å². The van der Waals surface area contributed by atoms with E-state index in [1.807, 2.05) is 42.7 Å². The van der Waals surface area contributed by atoms with Crippen molar-refractivity contribution in [2.24, 2.45) is 0 Å². The Hall–Kier alpha value is -2.33. The quantitative estimate of drug-likeness (QED) is 0.287. The van der Waals surface area contributed by atoms with Gasteiger partial charge >= 0.3 is 6.09 Å². The number of unbranched alkanes of at least 4 members (excludes halogenated alkanes) is 1. The van der Waals surface area contributed by atoms with E-state index < -0.39 is 6.09 Å². The highest BCUT2D eigenvalue weighted by Crippen LogP contribution is 2.33. The van der Waals surface area contributed by atoms with Gasteiger partial charge in [0.1, 0.15) is 5.75 Å². The molecule has 11 heteroatoms. The molecule has 206 valence electrons. The fraction of sp³-hybridized carbons (Fsp3) is 0.481. The fourth-order valence-electron chi connectivity index (χ4n) is 4.63. The van der Waals surface area contributed by atoms with Crippen LogP contribution in [0.2, 0.25) is 10.0 Å². The van der Waals surface area contributed by atoms with Gasteiger partial charge < -0.3 is 19.7 Å². The summed E-state index contributed by atoms with van der Waals surface area (Å²) < 4.78 is 11.3. The average Bonchev–Trinajstić information content (AvgIpc) is 2.93. The van der Waals surface area contributed by atoms with Crippen LogP contribution in [0.15, 0.2) is 36.4 Å². The number of aryl methyl sites for hydroxylation is 1. The van der Waals surface area contributed by atoms with Crippen molar-refractivity contribution in [3.05, 3.63) is 52.0 Å². The predicted octanol–water partition coefficient (Wildman–Crippen LogP) is 5.26. The lowest BCUT2D eigenvalue weighted by atomic mass is 10.0. The lowest BCUT2D eigenvalue weighted by molar-refractivity contribution is -0.119. The number of carbonyl (C=O) groups is 2. The normalized spacial score (nSPS) is 15.8. The Morgan fingerprint density at radius 3 is 2.66 bits per heavy atom. The number of carbonyl (C=O) groups excluding carboxylic acids is 2. The second kappa shape index (κ2) is 14.2. The van der Waals surface area contributed by atoms with Crippen molar-refractivity contribution in [2.75, 3.05) is 68.0 Å². The Balaban J connectivity index is 1.19. The maximum atomic E-state index is 12.5. The Morgan fingerprint density at radius 1 is 1.05 bits per heavy atom. The molecular formula is C27H34Cl2N4O4S. The van der Waals surface area contributed by atoms with Crippen molar-refractivity contribution in [1.82, 2.24) is 10.2 Å². The van der Waals surface area contributed by atoms with E-state index in [9.17, 15) is 9.59 Å². The molecule has 2 heterocycles. The number of ether oxygens (including phenoxy) is 2. The number of rotatable bonds is 11. The highest BCUT2D eigenvalue weighted by atomic mass is 35.5. The molecule has 0 atom stereocenters. The first kappa shape index (κ1) is 28.7. The number of thioether (sulfide) groups is 1. The summed E-state index contributed by atoms with van der Waals surface area (Å²) >= 11 is 14.0. The number of halogens is 2. The number of fused-ring (bicyclic) bond motifs is 1. The third-order valence-corrected chi connectivity index (χ3v) is 7.97. The molecule has 2 aliphatic heterocycles. The molecule has 0 unspecified atom stereocenters. The molecule has 2 aromatic carbocycles. The molecule has 2 amide bonds. The van der Waals surface area contributed by atoms with E-state index in [2.05, 4.69) is 15.1 Å². The van der Waals surface area contributed by atoms with Crippen LogP contribution in [0.4, 0.5) is 16.2 Å². The van der Waals surface area contributed by atoms with E-state index in [1.165, 1.54) is 16.7 Å². The van der Waals surface area contributed by atoms with Crippen molar-refractivity contribution < 1.29 is 19.1 Å². The minimum absolute atomic E-state index is 0.0648. The van der Waals surface area contributed by atoms with E-state index in [0.29, 0.717) is 41.1 Å². The van der Waals surface area contributed by atoms with Gasteiger partial charge in [-0.1, -0.05) is 35.3 Å². The monoisotopic (exact) mass is 580 g/mol. The van der Waals surface area contributed by atoms with Crippen LogP contribution >= 0.6 is 35.0 Å². The Bertz CT molecular complexity index is 1110. The first-order chi connectivity index (χ1) is 18.5. The number of nitrogens with one attached hydrogen (secondary N) is 1. The van der Waals surface area contributed by atoms with Crippen LogP contribution in [0.5, 0.6) is 5.75 Å². The molecular weight excluding hydrogens is 547 g/mol. The highest BCUT2D eigenvalue weighted by molar-refractivity contribution is 7.98. The number of hydrogen-bond donors (Lipinski definition) is 1. The number of amides is 2. The SMILES string of the molecule is CSCNC(=O)OCN1C(=O)CCc2ccc(OCCCCN3CCN(c4cccc(Cl)c4Cl)CC3)cc21. The zero-order valence-corrected chi connectivity index (χ0v) is 23.9. The molecule has 0 radical (unpaired) electrons. The minimum Gasteiger partial charge on any atom is -0.494 e. The number of piperazine rings is 1. The fourth-order valence-corrected chi connectivity index (χ4v) is 5.31. The molecule has 0 aromatic heterocycles. The second-order valence-electron chi connectivity index (χ2n) is 9.24. The van der Waals surface area contributed by atoms with Gasteiger partial charge in [-0.05, 0) is 55.8 Å². The summed E-state index contributed by atoms with van der Waals surface area (Å²) in [6, 6.07) is 11.6. The summed E-state index contributed by atoms with van der Waals surface area (Å²) in [6.45, 7) is 5.30. The lowest BCUT2D eigenvalue weighted by Gasteiger charge is -2.36. The largest absolute Gasteiger partial charge is 0.494 e. The third kappa shape index (κ3) is 7.62. The van der Waals surface area contributed by atoms with Crippen molar-refractivity contribution in [3.63, 3.8) is 0 Å². The third-order valence-electron chi connectivity index (χ3n) is 6.72. The zero-order valence-electron chi connectivity index (χ0n) is 21.6. The smallest absolute Gasteiger partial charge is 0.409 e. The molecule has 0 spiro atoms. The van der Waals surface area contributed by atoms with Crippen LogP contribution in [-0.2, 0) is 16.0 Å². The molecule has 8 nitrogen and oxygen atoms in total. The summed E-state index contributed by atoms with van der Waals surface area (Å²) in [6.07, 6.45) is 4.36. The standard InChI is InChI=1S/C27H34Cl2N4O4S/c1-38-18-30-27(35)37-19-33-24-17-21(9-7-20(24)8-10-25(33)34)36-16-3-2-11-31-12-14-32(15-13-31)23-6-4-5-22(28)26(23)29/h4-7,9,17H,2-3,8,10-16,18-19H2,1H3,(H,30,35). The number of nitrogens with zero attached hydrogens (tertiary/aromatic N) is 3. The van der Waals surface area contributed by atoms with Crippen LogP contribution in [0.1, 0.15) is 24.8 Å². The number of hydrogen-bond acceptors (Lipinski definition) is 7. The summed E-state index contributed by atoms with van der Waals surface area (Å²) in [5.41, 5.74) is 2.79. The number of anilines is 2. The summed E-state index contributed by atoms with van der Waals surface area (Å²) in [7, 11) is 0. The Labute approximate surface area is 238 Å². The molecule has 38 heavy (non-hydrogen) atoms. The molecule has 1 N–H and O–H groups in total. The second-order valence-corrected chi connectivity index (χ2v) is 10.9. The summed E-state index contributed by atoms with van der Waals surface area (Å²) in [5, 5.41) is 3.84. The molecule has 0 aliphatic carbocycles. The number of alkyl carbamates (subject to hydrolysis) is 1. The van der Waals surface area contributed by atoms with Gasteiger partial charge in [-0.2, -0.15) is 0 Å². The van der Waals surface area contributed by atoms with Gasteiger partial charge in [0.2, 0.25) is 5.91 Å². The van der Waals surface area contributed by atoms with E-state index in [4.69, 9.17) is 32.7 Å². The predicted molar refractivity (Wildman–Crippen MR) is 155 cm³/mol. The van der Waals surface area contributed by atoms with Crippen molar-refractivity contribution in [3.8, 4) is 5.75 Å². The van der Waals surface area contributed by atoms with E-state index in [1.54, 1.807) is 0 Å². The average molecular weight is 582 g/mol. The van der Waals surface area contributed by atoms with Gasteiger partial charge in [0, 0.05) is 38.7 Å². The molecule has 1 saturated heterocycles. The van der Waals surface area contributed by atoms with Gasteiger partial charge in [-0.3, -0.25) is 14.6 Å². The number of benzene rings is 2. The zero-order chi connectivity index (χ0) is 26.9. The van der Waals surface area contributed by atoms with Crippen LogP contribution in [0.25, 0.3) is 0 Å². The van der Waals surface area contributed by atoms with Gasteiger partial charge in [0.05, 0.1) is 33.9 Å². The van der Waals surface area contributed by atoms with Gasteiger partial charge in [0.15, 0.2) is 6.73 Å². The maximum Gasteiger partial charge on any atom is 0.409 e. The van der Waals surface area contributed by atoms with Crippen molar-refractivity contribution in [2.45, 2.75) is 25.7 Å². The molecule has 0 saturated carbocycles. The van der Waals surface area contributed by atoms with Crippen LogP contribution < -0.4 is 19.9 Å². The Morgan fingerprint density at radius 2 is 1.87 bits per heavy atom. The maximum absolute atomic E-state index is 12.5. The molecule has 4 rings (SSSR count). The molecule has 0 bridgehead atoms. The first-order valence-electron chi connectivity index (χ1n) is 12.8. The van der Waals surface area contributed by atoms with Crippen LogP contribution in [0.3, 0.4) is 0 Å². The van der Waals surface area contributed by atoms with Gasteiger partial charge in [-0.25, -0.2) is 4.79 Å². The molecule has 2 aromatic rings. The van der Waals surface area contributed by atoms with Gasteiger partial charge in [0.25, 0.3) is 0 Å². The Kier molecular flexibility index (Phi) is 10.7. The van der Waals surface area contributed by atoms with Crippen molar-refractivity contribution in [1.29, 1.82) is 0 Å². The highest BCUT2D eigenvalue weighted by Gasteiger charge is 2.26. The van der Waals surface area contributed by atoms with E-state index in [-0.39, 0.29) is 12.6 Å². The summed E-state index contributed by atoms with van der Waals surface area (Å²) in [5.74, 6) is 1.10. The van der Waals surface area contributed by atoms with Crippen LogP contribution in [0, 0.1) is 0 Å². The van der Waals surface area contributed by atoms with Crippen LogP contribution in [-0.4, -0.2) is 75.1 Å².